The number of carbonyl (C=O) groups is 2. The summed E-state index contributed by atoms with van der Waals surface area (Å²) < 4.78 is 0. The van der Waals surface area contributed by atoms with Crippen LogP contribution < -0.4 is 10.2 Å². The predicted octanol–water partition coefficient (Wildman–Crippen LogP) is 5.70. The largest absolute Gasteiger partial charge is 0.324 e. The summed E-state index contributed by atoms with van der Waals surface area (Å²) >= 11 is 0. The number of hydrogen-bond acceptors (Lipinski definition) is 2. The Hall–Kier alpha value is -3.60. The molecule has 3 amide bonds. The lowest BCUT2D eigenvalue weighted by atomic mass is 10.1. The molecular formula is C27H29N3O2. The highest BCUT2D eigenvalue weighted by atomic mass is 16.2. The molecule has 164 valence electrons. The number of aryl methyl sites for hydroxylation is 3. The summed E-state index contributed by atoms with van der Waals surface area (Å²) in [7, 11) is 0. The van der Waals surface area contributed by atoms with Crippen molar-refractivity contribution < 1.29 is 9.59 Å². The quantitative estimate of drug-likeness (QED) is 0.568. The number of carbonyl (C=O) groups excluding carboxylic acids is 2. The number of nitrogens with one attached hydrogen (secondary N) is 1. The first-order chi connectivity index (χ1) is 15.4. The second kappa shape index (κ2) is 9.27. The molecule has 1 aliphatic rings. The summed E-state index contributed by atoms with van der Waals surface area (Å²) in [5, 5.41) is 3.03. The van der Waals surface area contributed by atoms with Crippen molar-refractivity contribution in [3.05, 3.63) is 94.5 Å². The number of urea groups is 1. The molecule has 1 heterocycles. The van der Waals surface area contributed by atoms with E-state index < -0.39 is 0 Å². The van der Waals surface area contributed by atoms with Crippen LogP contribution in [0, 0.1) is 20.8 Å². The van der Waals surface area contributed by atoms with Gasteiger partial charge in [0.2, 0.25) is 0 Å². The Kier molecular flexibility index (Phi) is 6.26. The van der Waals surface area contributed by atoms with Crippen LogP contribution in [0.2, 0.25) is 0 Å². The Labute approximate surface area is 189 Å². The standard InChI is InChI=1S/C27H29N3O2/c1-19-8-11-22(12-9-19)18-29-14-5-15-30(27(29)32)25-13-10-21(3)17-24(25)28-26(31)23-7-4-6-20(2)16-23/h4,6-13,16-17H,5,14-15,18H2,1-3H3,(H,28,31). The van der Waals surface area contributed by atoms with E-state index in [2.05, 4.69) is 36.5 Å². The number of amides is 3. The van der Waals surface area contributed by atoms with Crippen molar-refractivity contribution in [3.63, 3.8) is 0 Å². The van der Waals surface area contributed by atoms with E-state index in [0.29, 0.717) is 24.3 Å². The van der Waals surface area contributed by atoms with E-state index >= 15 is 0 Å². The normalized spacial score (nSPS) is 13.9. The number of nitrogens with zero attached hydrogens (tertiary/aromatic N) is 2. The van der Waals surface area contributed by atoms with Crippen molar-refractivity contribution in [3.8, 4) is 0 Å². The lowest BCUT2D eigenvalue weighted by Gasteiger charge is -2.36. The van der Waals surface area contributed by atoms with Crippen molar-refractivity contribution >= 4 is 23.3 Å². The lowest BCUT2D eigenvalue weighted by molar-refractivity contribution is 0.102. The van der Waals surface area contributed by atoms with Gasteiger partial charge < -0.3 is 10.2 Å². The molecule has 3 aromatic rings. The summed E-state index contributed by atoms with van der Waals surface area (Å²) in [6, 6.07) is 21.6. The van der Waals surface area contributed by atoms with E-state index in [-0.39, 0.29) is 11.9 Å². The summed E-state index contributed by atoms with van der Waals surface area (Å²) in [5.41, 5.74) is 6.35. The highest BCUT2D eigenvalue weighted by Gasteiger charge is 2.28. The van der Waals surface area contributed by atoms with Gasteiger partial charge in [0, 0.05) is 25.2 Å². The van der Waals surface area contributed by atoms with Crippen LogP contribution in [-0.2, 0) is 6.54 Å². The van der Waals surface area contributed by atoms with Gasteiger partial charge >= 0.3 is 6.03 Å². The van der Waals surface area contributed by atoms with Crippen LogP contribution in [-0.4, -0.2) is 29.9 Å². The summed E-state index contributed by atoms with van der Waals surface area (Å²) in [4.78, 5) is 29.9. The molecule has 1 N–H and O–H groups in total. The molecule has 5 heteroatoms. The maximum Gasteiger partial charge on any atom is 0.324 e. The van der Waals surface area contributed by atoms with Gasteiger partial charge in [-0.05, 0) is 62.6 Å². The highest BCUT2D eigenvalue weighted by molar-refractivity contribution is 6.07. The molecule has 1 saturated heterocycles. The fourth-order valence-electron chi connectivity index (χ4n) is 4.03. The first-order valence-corrected chi connectivity index (χ1v) is 11.0. The smallest absolute Gasteiger partial charge is 0.320 e. The molecule has 0 saturated carbocycles. The van der Waals surface area contributed by atoms with Gasteiger partial charge in [0.1, 0.15) is 0 Å². The predicted molar refractivity (Wildman–Crippen MR) is 129 cm³/mol. The first-order valence-electron chi connectivity index (χ1n) is 11.0. The molecule has 0 bridgehead atoms. The molecule has 0 aromatic heterocycles. The van der Waals surface area contributed by atoms with Gasteiger partial charge in [-0.15, -0.1) is 0 Å². The van der Waals surface area contributed by atoms with E-state index in [1.165, 1.54) is 5.56 Å². The van der Waals surface area contributed by atoms with Crippen LogP contribution in [0.5, 0.6) is 0 Å². The maximum absolute atomic E-state index is 13.4. The van der Waals surface area contributed by atoms with Gasteiger partial charge in [0.05, 0.1) is 11.4 Å². The number of hydrogen-bond donors (Lipinski definition) is 1. The number of benzene rings is 3. The van der Waals surface area contributed by atoms with Gasteiger partial charge in [-0.1, -0.05) is 53.6 Å². The molecule has 4 rings (SSSR count). The molecule has 1 fully saturated rings. The molecule has 0 unspecified atom stereocenters. The zero-order chi connectivity index (χ0) is 22.7. The SMILES string of the molecule is Cc1ccc(CN2CCCN(c3ccc(C)cc3NC(=O)c3cccc(C)c3)C2=O)cc1. The van der Waals surface area contributed by atoms with Gasteiger partial charge in [-0.2, -0.15) is 0 Å². The van der Waals surface area contributed by atoms with E-state index in [0.717, 1.165) is 35.3 Å². The molecule has 0 spiro atoms. The van der Waals surface area contributed by atoms with Gasteiger partial charge in [-0.3, -0.25) is 9.69 Å². The third-order valence-corrected chi connectivity index (χ3v) is 5.78. The van der Waals surface area contributed by atoms with Crippen molar-refractivity contribution in [1.82, 2.24) is 4.90 Å². The second-order valence-electron chi connectivity index (χ2n) is 8.54. The second-order valence-corrected chi connectivity index (χ2v) is 8.54. The van der Waals surface area contributed by atoms with Crippen LogP contribution >= 0.6 is 0 Å². The monoisotopic (exact) mass is 427 g/mol. The van der Waals surface area contributed by atoms with Gasteiger partial charge in [0.15, 0.2) is 0 Å². The first kappa shape index (κ1) is 21.6. The maximum atomic E-state index is 13.4. The van der Waals surface area contributed by atoms with E-state index in [9.17, 15) is 9.59 Å². The van der Waals surface area contributed by atoms with Crippen LogP contribution in [0.3, 0.4) is 0 Å². The Balaban J connectivity index is 1.57. The fourth-order valence-corrected chi connectivity index (χ4v) is 4.03. The van der Waals surface area contributed by atoms with Crippen LogP contribution in [0.1, 0.15) is 39.0 Å². The van der Waals surface area contributed by atoms with Crippen molar-refractivity contribution in [2.75, 3.05) is 23.3 Å². The average molecular weight is 428 g/mol. The Bertz CT molecular complexity index is 1140. The zero-order valence-electron chi connectivity index (χ0n) is 18.9. The summed E-state index contributed by atoms with van der Waals surface area (Å²) in [6.07, 6.45) is 0.872. The molecule has 0 radical (unpaired) electrons. The third kappa shape index (κ3) is 4.83. The minimum atomic E-state index is -0.179. The molecular weight excluding hydrogens is 398 g/mol. The molecule has 0 aliphatic carbocycles. The fraction of sp³-hybridized carbons (Fsp3) is 0.259. The van der Waals surface area contributed by atoms with Crippen LogP contribution in [0.4, 0.5) is 16.2 Å². The number of rotatable bonds is 5. The van der Waals surface area contributed by atoms with Gasteiger partial charge in [0.25, 0.3) is 5.91 Å². The van der Waals surface area contributed by atoms with Crippen molar-refractivity contribution in [2.24, 2.45) is 0 Å². The molecule has 0 atom stereocenters. The topological polar surface area (TPSA) is 52.6 Å². The summed E-state index contributed by atoms with van der Waals surface area (Å²) in [5.74, 6) is -0.179. The van der Waals surface area contributed by atoms with Crippen molar-refractivity contribution in [2.45, 2.75) is 33.7 Å². The van der Waals surface area contributed by atoms with E-state index in [1.807, 2.05) is 55.1 Å². The molecule has 32 heavy (non-hydrogen) atoms. The van der Waals surface area contributed by atoms with Crippen LogP contribution in [0.25, 0.3) is 0 Å². The Morgan fingerprint density at radius 2 is 1.59 bits per heavy atom. The van der Waals surface area contributed by atoms with E-state index in [1.54, 1.807) is 11.0 Å². The summed E-state index contributed by atoms with van der Waals surface area (Å²) in [6.45, 7) is 7.92. The minimum Gasteiger partial charge on any atom is -0.320 e. The number of anilines is 2. The van der Waals surface area contributed by atoms with Crippen LogP contribution in [0.15, 0.2) is 66.7 Å². The molecule has 1 aliphatic heterocycles. The average Bonchev–Trinajstić information content (AvgIpc) is 2.77. The third-order valence-electron chi connectivity index (χ3n) is 5.78. The molecule has 3 aromatic carbocycles. The van der Waals surface area contributed by atoms with Gasteiger partial charge in [-0.25, -0.2) is 4.79 Å². The zero-order valence-corrected chi connectivity index (χ0v) is 18.9. The minimum absolute atomic E-state index is 0.0354. The Morgan fingerprint density at radius 3 is 2.34 bits per heavy atom. The van der Waals surface area contributed by atoms with E-state index in [4.69, 9.17) is 0 Å². The highest BCUT2D eigenvalue weighted by Crippen LogP contribution is 2.31. The lowest BCUT2D eigenvalue weighted by Crippen LogP contribution is -2.49. The van der Waals surface area contributed by atoms with Crippen molar-refractivity contribution in [1.29, 1.82) is 0 Å². The Morgan fingerprint density at radius 1 is 0.875 bits per heavy atom. The molecule has 5 nitrogen and oxygen atoms in total.